The highest BCUT2D eigenvalue weighted by Crippen LogP contribution is 2.21. The first kappa shape index (κ1) is 16.4. The van der Waals surface area contributed by atoms with Gasteiger partial charge in [0.2, 0.25) is 0 Å². The van der Waals surface area contributed by atoms with Crippen LogP contribution in [0.2, 0.25) is 0 Å². The van der Waals surface area contributed by atoms with Crippen molar-refractivity contribution < 1.29 is 0 Å². The molecule has 14 heavy (non-hydrogen) atoms. The average molecular weight is 200 g/mol. The molecule has 0 saturated heterocycles. The minimum absolute atomic E-state index is 0. The standard InChI is InChI=1S/C13H28.CH4/c1-6-7-12(4)8-9-13(5)10-11(2)3;/h11-13H,6-10H2,1-5H3;1H4. The normalized spacial score (nSPS) is 15.0. The molecule has 0 aromatic rings. The molecule has 0 aliphatic carbocycles. The van der Waals surface area contributed by atoms with Gasteiger partial charge in [0.1, 0.15) is 0 Å². The summed E-state index contributed by atoms with van der Waals surface area (Å²) in [6, 6.07) is 0. The summed E-state index contributed by atoms with van der Waals surface area (Å²) in [4.78, 5) is 0. The summed E-state index contributed by atoms with van der Waals surface area (Å²) in [5, 5.41) is 0. The molecule has 0 aromatic heterocycles. The van der Waals surface area contributed by atoms with Crippen LogP contribution < -0.4 is 0 Å². The van der Waals surface area contributed by atoms with Crippen molar-refractivity contribution >= 4 is 0 Å². The van der Waals surface area contributed by atoms with Gasteiger partial charge in [0.05, 0.1) is 0 Å². The van der Waals surface area contributed by atoms with Crippen LogP contribution in [0.5, 0.6) is 0 Å². The van der Waals surface area contributed by atoms with Crippen LogP contribution in [0.1, 0.15) is 74.1 Å². The first-order valence-corrected chi connectivity index (χ1v) is 6.06. The highest BCUT2D eigenvalue weighted by Gasteiger charge is 2.07. The Hall–Kier alpha value is 0. The van der Waals surface area contributed by atoms with Crippen LogP contribution in [0.25, 0.3) is 0 Å². The Balaban J connectivity index is 0. The summed E-state index contributed by atoms with van der Waals surface area (Å²) in [7, 11) is 0. The Morgan fingerprint density at radius 2 is 1.29 bits per heavy atom. The summed E-state index contributed by atoms with van der Waals surface area (Å²) >= 11 is 0. The second-order valence-electron chi connectivity index (χ2n) is 5.21. The van der Waals surface area contributed by atoms with Gasteiger partial charge >= 0.3 is 0 Å². The SMILES string of the molecule is C.CCCC(C)CCC(C)CC(C)C. The van der Waals surface area contributed by atoms with Gasteiger partial charge in [0, 0.05) is 0 Å². The molecule has 0 N–H and O–H groups in total. The lowest BCUT2D eigenvalue weighted by atomic mass is 9.90. The molecular formula is C14H32. The lowest BCUT2D eigenvalue weighted by Crippen LogP contribution is -2.03. The van der Waals surface area contributed by atoms with Gasteiger partial charge in [-0.1, -0.05) is 67.7 Å². The second kappa shape index (κ2) is 9.55. The maximum absolute atomic E-state index is 2.40. The predicted octanol–water partition coefficient (Wildman–Crippen LogP) is 5.52. The van der Waals surface area contributed by atoms with Gasteiger partial charge in [0.15, 0.2) is 0 Å². The van der Waals surface area contributed by atoms with E-state index >= 15 is 0 Å². The van der Waals surface area contributed by atoms with Gasteiger partial charge in [-0.3, -0.25) is 0 Å². The smallest absolute Gasteiger partial charge is 0.0440 e. The molecule has 0 bridgehead atoms. The van der Waals surface area contributed by atoms with Crippen LogP contribution >= 0.6 is 0 Å². The Bertz CT molecular complexity index is 105. The third-order valence-electron chi connectivity index (χ3n) is 2.81. The summed E-state index contributed by atoms with van der Waals surface area (Å²) in [6.45, 7) is 11.7. The number of hydrogen-bond donors (Lipinski definition) is 0. The second-order valence-corrected chi connectivity index (χ2v) is 5.21. The summed E-state index contributed by atoms with van der Waals surface area (Å²) in [5.41, 5.74) is 0. The van der Waals surface area contributed by atoms with E-state index in [1.165, 1.54) is 32.1 Å². The quantitative estimate of drug-likeness (QED) is 0.507. The van der Waals surface area contributed by atoms with Crippen LogP contribution in [0.4, 0.5) is 0 Å². The molecule has 0 amide bonds. The minimum atomic E-state index is 0. The zero-order valence-corrected chi connectivity index (χ0v) is 10.3. The van der Waals surface area contributed by atoms with E-state index in [1.54, 1.807) is 0 Å². The van der Waals surface area contributed by atoms with Crippen molar-refractivity contribution in [2.24, 2.45) is 17.8 Å². The molecule has 0 saturated carbocycles. The average Bonchev–Trinajstić information content (AvgIpc) is 2.00. The molecule has 0 fully saturated rings. The fourth-order valence-corrected chi connectivity index (χ4v) is 2.13. The van der Waals surface area contributed by atoms with Gasteiger partial charge in [-0.05, 0) is 24.2 Å². The largest absolute Gasteiger partial charge is 0.0776 e. The van der Waals surface area contributed by atoms with Gasteiger partial charge in [0.25, 0.3) is 0 Å². The molecule has 0 rings (SSSR count). The van der Waals surface area contributed by atoms with Crippen LogP contribution in [0.3, 0.4) is 0 Å². The number of hydrogen-bond acceptors (Lipinski definition) is 0. The molecule has 0 spiro atoms. The van der Waals surface area contributed by atoms with Crippen molar-refractivity contribution in [2.45, 2.75) is 74.1 Å². The van der Waals surface area contributed by atoms with Gasteiger partial charge < -0.3 is 0 Å². The molecule has 2 unspecified atom stereocenters. The lowest BCUT2D eigenvalue weighted by Gasteiger charge is -2.16. The molecule has 0 nitrogen and oxygen atoms in total. The maximum Gasteiger partial charge on any atom is -0.0440 e. The van der Waals surface area contributed by atoms with Crippen molar-refractivity contribution in [3.05, 3.63) is 0 Å². The first-order valence-electron chi connectivity index (χ1n) is 6.06. The van der Waals surface area contributed by atoms with Crippen molar-refractivity contribution in [2.75, 3.05) is 0 Å². The predicted molar refractivity (Wildman–Crippen MR) is 68.7 cm³/mol. The fraction of sp³-hybridized carbons (Fsp3) is 1.00. The molecule has 0 radical (unpaired) electrons. The fourth-order valence-electron chi connectivity index (χ4n) is 2.13. The van der Waals surface area contributed by atoms with Crippen LogP contribution in [-0.2, 0) is 0 Å². The van der Waals surface area contributed by atoms with E-state index in [0.717, 1.165) is 17.8 Å². The van der Waals surface area contributed by atoms with E-state index in [0.29, 0.717) is 0 Å². The van der Waals surface area contributed by atoms with Crippen LogP contribution in [0.15, 0.2) is 0 Å². The molecule has 0 aromatic carbocycles. The molecule has 88 valence electrons. The molecule has 0 heteroatoms. The van der Waals surface area contributed by atoms with Crippen molar-refractivity contribution in [1.29, 1.82) is 0 Å². The highest BCUT2D eigenvalue weighted by atomic mass is 14.1. The summed E-state index contributed by atoms with van der Waals surface area (Å²) in [6.07, 6.45) is 7.02. The molecule has 0 aliphatic rings. The Morgan fingerprint density at radius 1 is 0.786 bits per heavy atom. The summed E-state index contributed by atoms with van der Waals surface area (Å²) in [5.74, 6) is 2.75. The molecule has 0 aliphatic heterocycles. The molecule has 0 heterocycles. The van der Waals surface area contributed by atoms with E-state index < -0.39 is 0 Å². The van der Waals surface area contributed by atoms with E-state index in [-0.39, 0.29) is 7.43 Å². The topological polar surface area (TPSA) is 0 Å². The van der Waals surface area contributed by atoms with E-state index in [2.05, 4.69) is 34.6 Å². The first-order chi connectivity index (χ1) is 6.06. The van der Waals surface area contributed by atoms with E-state index in [1.807, 2.05) is 0 Å². The van der Waals surface area contributed by atoms with Crippen LogP contribution in [0, 0.1) is 17.8 Å². The van der Waals surface area contributed by atoms with Crippen molar-refractivity contribution in [1.82, 2.24) is 0 Å². The molecule has 2 atom stereocenters. The zero-order chi connectivity index (χ0) is 10.3. The molecular weight excluding hydrogens is 168 g/mol. The minimum Gasteiger partial charge on any atom is -0.0776 e. The lowest BCUT2D eigenvalue weighted by molar-refractivity contribution is 0.362. The number of rotatable bonds is 7. The third kappa shape index (κ3) is 10.1. The van der Waals surface area contributed by atoms with E-state index in [9.17, 15) is 0 Å². The highest BCUT2D eigenvalue weighted by molar-refractivity contribution is 4.59. The van der Waals surface area contributed by atoms with Crippen molar-refractivity contribution in [3.8, 4) is 0 Å². The van der Waals surface area contributed by atoms with Crippen LogP contribution in [-0.4, -0.2) is 0 Å². The third-order valence-corrected chi connectivity index (χ3v) is 2.81. The van der Waals surface area contributed by atoms with Crippen molar-refractivity contribution in [3.63, 3.8) is 0 Å². The zero-order valence-electron chi connectivity index (χ0n) is 10.3. The monoisotopic (exact) mass is 200 g/mol. The maximum atomic E-state index is 2.40. The summed E-state index contributed by atoms with van der Waals surface area (Å²) < 4.78 is 0. The Labute approximate surface area is 92.5 Å². The van der Waals surface area contributed by atoms with Gasteiger partial charge in [-0.2, -0.15) is 0 Å². The van der Waals surface area contributed by atoms with Gasteiger partial charge in [-0.15, -0.1) is 0 Å². The van der Waals surface area contributed by atoms with E-state index in [4.69, 9.17) is 0 Å². The Morgan fingerprint density at radius 3 is 1.71 bits per heavy atom. The Kier molecular flexibility index (Phi) is 11.2. The van der Waals surface area contributed by atoms with Gasteiger partial charge in [-0.25, -0.2) is 0 Å².